The van der Waals surface area contributed by atoms with E-state index in [9.17, 15) is 33.8 Å². The van der Waals surface area contributed by atoms with E-state index in [4.69, 9.17) is 23.8 Å². The van der Waals surface area contributed by atoms with Crippen LogP contribution in [0.25, 0.3) is 0 Å². The largest absolute Gasteiger partial charge is 0.472 e. The van der Waals surface area contributed by atoms with Crippen LogP contribution in [0.3, 0.4) is 0 Å². The van der Waals surface area contributed by atoms with Gasteiger partial charge in [-0.1, -0.05) is 121 Å². The molecule has 0 aromatic heterocycles. The van der Waals surface area contributed by atoms with Crippen molar-refractivity contribution in [1.29, 1.82) is 0 Å². The highest BCUT2D eigenvalue weighted by atomic mass is 31.2. The molecule has 5 N–H and O–H groups in total. The van der Waals surface area contributed by atoms with Gasteiger partial charge in [0.15, 0.2) is 6.10 Å². The quantitative estimate of drug-likeness (QED) is 0.0136. The highest BCUT2D eigenvalue weighted by Crippen LogP contribution is 2.43. The van der Waals surface area contributed by atoms with E-state index in [0.717, 1.165) is 64.2 Å². The van der Waals surface area contributed by atoms with E-state index in [0.29, 0.717) is 25.2 Å². The second kappa shape index (κ2) is 32.5. The minimum absolute atomic E-state index is 0.114. The molecule has 0 aromatic carbocycles. The Morgan fingerprint density at radius 1 is 0.660 bits per heavy atom. The van der Waals surface area contributed by atoms with Gasteiger partial charge in [-0.05, 0) is 44.4 Å². The van der Waals surface area contributed by atoms with Gasteiger partial charge >= 0.3 is 27.6 Å². The van der Waals surface area contributed by atoms with Crippen molar-refractivity contribution in [2.24, 2.45) is 5.92 Å². The summed E-state index contributed by atoms with van der Waals surface area (Å²) in [6, 6.07) is 0. The molecule has 310 valence electrons. The minimum atomic E-state index is -4.87. The van der Waals surface area contributed by atoms with Gasteiger partial charge in [0, 0.05) is 12.8 Å². The summed E-state index contributed by atoms with van der Waals surface area (Å²) in [5, 5.41) is 19.5. The lowest BCUT2D eigenvalue weighted by Crippen LogP contribution is -2.30. The molecule has 0 aliphatic carbocycles. The Morgan fingerprint density at radius 2 is 1.23 bits per heavy atom. The summed E-state index contributed by atoms with van der Waals surface area (Å²) in [4.78, 5) is 52.4. The molecule has 4 atom stereocenters. The number of esters is 2. The van der Waals surface area contributed by atoms with Crippen LogP contribution in [0.4, 0.5) is 0 Å². The number of hydrogen-bond donors (Lipinski definition) is 5. The van der Waals surface area contributed by atoms with Crippen molar-refractivity contribution in [3.8, 4) is 0 Å². The summed E-state index contributed by atoms with van der Waals surface area (Å²) < 4.78 is 47.5. The molecule has 0 radical (unpaired) electrons. The molecule has 0 fully saturated rings. The molecule has 0 heterocycles. The van der Waals surface area contributed by atoms with Gasteiger partial charge in [0.25, 0.3) is 0 Å². The minimum Gasteiger partial charge on any atom is -0.462 e. The lowest BCUT2D eigenvalue weighted by molar-refractivity contribution is -0.161. The molecular weight excluding hydrogens is 730 g/mol. The highest BCUT2D eigenvalue weighted by Gasteiger charge is 2.28. The van der Waals surface area contributed by atoms with Crippen molar-refractivity contribution in [3.05, 3.63) is 36.5 Å². The molecule has 0 rings (SSSR count). The number of carbonyl (C=O) groups is 2. The van der Waals surface area contributed by atoms with Gasteiger partial charge in [-0.15, -0.1) is 0 Å². The fourth-order valence-corrected chi connectivity index (χ4v) is 6.02. The van der Waals surface area contributed by atoms with Crippen LogP contribution in [-0.4, -0.2) is 81.6 Å². The molecule has 0 aliphatic rings. The van der Waals surface area contributed by atoms with Crippen LogP contribution in [0.2, 0.25) is 0 Å². The van der Waals surface area contributed by atoms with E-state index in [2.05, 4.69) is 29.0 Å². The normalized spacial score (nSPS) is 15.3. The molecule has 0 saturated heterocycles. The number of ether oxygens (including phenoxy) is 2. The lowest BCUT2D eigenvalue weighted by Gasteiger charge is -2.20. The fourth-order valence-electron chi connectivity index (χ4n) is 4.86. The Balaban J connectivity index is 4.63. The number of rotatable bonds is 35. The zero-order valence-corrected chi connectivity index (χ0v) is 33.9. The Morgan fingerprint density at radius 3 is 1.85 bits per heavy atom. The standard InChI is InChI=1S/C37H68O14P2/c1-4-5-18-24-33(38)25-20-15-11-7-6-8-12-16-21-26-36(40)47-30-35(31-50-53(45,46)49-29-34(39)28-48-52(42,43)44)51-37(41)27-22-17-13-9-10-14-19-23-32(2)3/h5,11,15,18,20,25,32-35,38-39H,4,6-10,12-14,16-17,19,21-24,26-31H2,1-3H3,(H,45,46)(H2,42,43,44)/b15-11+,18-5+,25-20+/t33?,34-,35+/m0/s1. The van der Waals surface area contributed by atoms with Crippen LogP contribution in [0.5, 0.6) is 0 Å². The maximum atomic E-state index is 12.6. The number of unbranched alkanes of at least 4 members (excludes halogenated alkanes) is 11. The van der Waals surface area contributed by atoms with Crippen LogP contribution in [0.1, 0.15) is 136 Å². The van der Waals surface area contributed by atoms with E-state index < -0.39 is 72.3 Å². The Labute approximate surface area is 317 Å². The molecular formula is C37H68O14P2. The predicted octanol–water partition coefficient (Wildman–Crippen LogP) is 7.77. The zero-order chi connectivity index (χ0) is 39.8. The number of hydrogen-bond acceptors (Lipinski definition) is 11. The number of carbonyl (C=O) groups excluding carboxylic acids is 2. The third kappa shape index (κ3) is 37.0. The maximum Gasteiger partial charge on any atom is 0.472 e. The van der Waals surface area contributed by atoms with E-state index in [-0.39, 0.29) is 12.8 Å². The van der Waals surface area contributed by atoms with Crippen LogP contribution < -0.4 is 0 Å². The van der Waals surface area contributed by atoms with Gasteiger partial charge in [0.1, 0.15) is 12.7 Å². The summed E-state index contributed by atoms with van der Waals surface area (Å²) in [5.74, 6) is -0.383. The molecule has 0 saturated carbocycles. The Hall–Kier alpha value is -1.70. The average Bonchev–Trinajstić information content (AvgIpc) is 3.09. The maximum absolute atomic E-state index is 12.6. The molecule has 16 heteroatoms. The second-order valence-corrected chi connectivity index (χ2v) is 16.2. The first kappa shape index (κ1) is 51.3. The van der Waals surface area contributed by atoms with Gasteiger partial charge in [-0.2, -0.15) is 0 Å². The van der Waals surface area contributed by atoms with Crippen molar-refractivity contribution < 1.29 is 66.7 Å². The average molecular weight is 799 g/mol. The summed E-state index contributed by atoms with van der Waals surface area (Å²) in [6.07, 6.45) is 23.7. The second-order valence-electron chi connectivity index (χ2n) is 13.5. The molecule has 0 amide bonds. The highest BCUT2D eigenvalue weighted by molar-refractivity contribution is 7.47. The van der Waals surface area contributed by atoms with Crippen molar-refractivity contribution >= 4 is 27.6 Å². The van der Waals surface area contributed by atoms with Crippen LogP contribution in [0, 0.1) is 5.92 Å². The molecule has 53 heavy (non-hydrogen) atoms. The summed E-state index contributed by atoms with van der Waals surface area (Å²) >= 11 is 0. The molecule has 0 aromatic rings. The third-order valence-electron chi connectivity index (χ3n) is 7.79. The number of phosphoric acid groups is 2. The first-order chi connectivity index (χ1) is 25.1. The first-order valence-corrected chi connectivity index (χ1v) is 22.2. The van der Waals surface area contributed by atoms with E-state index in [1.807, 2.05) is 31.2 Å². The summed E-state index contributed by atoms with van der Waals surface area (Å²) in [5.41, 5.74) is 0. The SMILES string of the molecule is CC/C=C/CC(O)/C=C/C=C/CCCCCCCC(=O)OC[C@H](COP(=O)(O)OC[C@@H](O)COP(=O)(O)O)OC(=O)CCCCCCCCCC(C)C. The van der Waals surface area contributed by atoms with E-state index in [1.54, 1.807) is 6.08 Å². The Bertz CT molecular complexity index is 1120. The van der Waals surface area contributed by atoms with Gasteiger partial charge in [0.05, 0.1) is 25.9 Å². The summed E-state index contributed by atoms with van der Waals surface area (Å²) in [7, 11) is -9.68. The van der Waals surface area contributed by atoms with Gasteiger partial charge < -0.3 is 34.4 Å². The number of phosphoric ester groups is 2. The monoisotopic (exact) mass is 798 g/mol. The van der Waals surface area contributed by atoms with Crippen molar-refractivity contribution in [2.45, 2.75) is 155 Å². The zero-order valence-electron chi connectivity index (χ0n) is 32.1. The van der Waals surface area contributed by atoms with E-state index in [1.165, 1.54) is 19.3 Å². The fraction of sp³-hybridized carbons (Fsp3) is 0.784. The molecule has 0 bridgehead atoms. The summed E-state index contributed by atoms with van der Waals surface area (Å²) in [6.45, 7) is 3.71. The third-order valence-corrected chi connectivity index (χ3v) is 9.23. The molecule has 0 aliphatic heterocycles. The molecule has 2 unspecified atom stereocenters. The van der Waals surface area contributed by atoms with Crippen molar-refractivity contribution in [2.75, 3.05) is 26.4 Å². The van der Waals surface area contributed by atoms with Gasteiger partial charge in [-0.3, -0.25) is 23.2 Å². The van der Waals surface area contributed by atoms with Crippen LogP contribution >= 0.6 is 15.6 Å². The van der Waals surface area contributed by atoms with Crippen molar-refractivity contribution in [1.82, 2.24) is 0 Å². The Kier molecular flexibility index (Phi) is 31.5. The number of aliphatic hydroxyl groups is 2. The van der Waals surface area contributed by atoms with Gasteiger partial charge in [0.2, 0.25) is 0 Å². The molecule has 14 nitrogen and oxygen atoms in total. The lowest BCUT2D eigenvalue weighted by atomic mass is 10.0. The van der Waals surface area contributed by atoms with Gasteiger partial charge in [-0.25, -0.2) is 9.13 Å². The molecule has 0 spiro atoms. The topological polar surface area (TPSA) is 216 Å². The predicted molar refractivity (Wildman–Crippen MR) is 204 cm³/mol. The van der Waals surface area contributed by atoms with Crippen LogP contribution in [0.15, 0.2) is 36.5 Å². The van der Waals surface area contributed by atoms with E-state index >= 15 is 0 Å². The van der Waals surface area contributed by atoms with Crippen LogP contribution in [-0.2, 0) is 41.8 Å². The number of allylic oxidation sites excluding steroid dienone is 4. The first-order valence-electron chi connectivity index (χ1n) is 19.1. The van der Waals surface area contributed by atoms with Crippen molar-refractivity contribution in [3.63, 3.8) is 0 Å². The smallest absolute Gasteiger partial charge is 0.462 e. The number of aliphatic hydroxyl groups excluding tert-OH is 2.